The number of amides is 1. The van der Waals surface area contributed by atoms with Crippen LogP contribution >= 0.6 is 11.3 Å². The Hall–Kier alpha value is -1.47. The van der Waals surface area contributed by atoms with Crippen molar-refractivity contribution in [1.29, 1.82) is 0 Å². The molecule has 0 fully saturated rings. The van der Waals surface area contributed by atoms with Gasteiger partial charge in [0, 0.05) is 11.9 Å². The molecule has 0 aliphatic carbocycles. The van der Waals surface area contributed by atoms with Gasteiger partial charge in [-0.3, -0.25) is 4.79 Å². The van der Waals surface area contributed by atoms with Crippen molar-refractivity contribution in [3.05, 3.63) is 16.1 Å². The Bertz CT molecular complexity index is 417. The number of carbonyl (C=O) groups is 2. The van der Waals surface area contributed by atoms with Crippen LogP contribution in [0.5, 0.6) is 0 Å². The Morgan fingerprint density at radius 1 is 1.44 bits per heavy atom. The van der Waals surface area contributed by atoms with Crippen LogP contribution in [0.4, 0.5) is 0 Å². The summed E-state index contributed by atoms with van der Waals surface area (Å²) in [5.74, 6) is -1.42. The zero-order valence-corrected chi connectivity index (χ0v) is 11.3. The molecule has 100 valence electrons. The molecule has 6 nitrogen and oxygen atoms in total. The SMILES string of the molecule is CN(C)CCCCNC(=O)c1nc(C(=O)O)cs1. The molecule has 0 aliphatic heterocycles. The first-order valence-corrected chi connectivity index (χ1v) is 6.50. The molecule has 2 N–H and O–H groups in total. The summed E-state index contributed by atoms with van der Waals surface area (Å²) >= 11 is 1.04. The van der Waals surface area contributed by atoms with Crippen LogP contribution in [0.15, 0.2) is 5.38 Å². The summed E-state index contributed by atoms with van der Waals surface area (Å²) in [6.45, 7) is 1.56. The highest BCUT2D eigenvalue weighted by Gasteiger charge is 2.13. The number of rotatable bonds is 7. The third kappa shape index (κ3) is 4.80. The molecule has 1 amide bonds. The number of hydrogen-bond acceptors (Lipinski definition) is 5. The number of carboxylic acid groups (broad SMARTS) is 1. The fraction of sp³-hybridized carbons (Fsp3) is 0.545. The highest BCUT2D eigenvalue weighted by Crippen LogP contribution is 2.09. The maximum absolute atomic E-state index is 11.6. The Morgan fingerprint density at radius 2 is 2.17 bits per heavy atom. The van der Waals surface area contributed by atoms with Gasteiger partial charge in [0.15, 0.2) is 10.7 Å². The standard InChI is InChI=1S/C11H17N3O3S/c1-14(2)6-4-3-5-12-9(15)10-13-8(7-18-10)11(16)17/h7H,3-6H2,1-2H3,(H,12,15)(H,16,17). The maximum atomic E-state index is 11.6. The molecule has 0 atom stereocenters. The third-order valence-electron chi connectivity index (χ3n) is 2.24. The van der Waals surface area contributed by atoms with Crippen molar-refractivity contribution in [3.8, 4) is 0 Å². The Morgan fingerprint density at radius 3 is 2.72 bits per heavy atom. The molecule has 0 bridgehead atoms. The quantitative estimate of drug-likeness (QED) is 0.720. The number of aromatic nitrogens is 1. The minimum absolute atomic E-state index is 0.0854. The number of carbonyl (C=O) groups excluding carboxylic acids is 1. The van der Waals surface area contributed by atoms with Crippen LogP contribution in [0.3, 0.4) is 0 Å². The molecular formula is C11H17N3O3S. The van der Waals surface area contributed by atoms with Gasteiger partial charge in [-0.15, -0.1) is 11.3 Å². The first kappa shape index (κ1) is 14.6. The smallest absolute Gasteiger partial charge is 0.355 e. The number of thiazole rings is 1. The number of aromatic carboxylic acids is 1. The summed E-state index contributed by atoms with van der Waals surface area (Å²) in [5, 5.41) is 13.0. The molecule has 0 saturated heterocycles. The highest BCUT2D eigenvalue weighted by atomic mass is 32.1. The Balaban J connectivity index is 2.30. The highest BCUT2D eigenvalue weighted by molar-refractivity contribution is 7.11. The predicted molar refractivity (Wildman–Crippen MR) is 69.2 cm³/mol. The fourth-order valence-corrected chi connectivity index (χ4v) is 2.01. The van der Waals surface area contributed by atoms with Crippen molar-refractivity contribution in [1.82, 2.24) is 15.2 Å². The van der Waals surface area contributed by atoms with Crippen molar-refractivity contribution in [2.45, 2.75) is 12.8 Å². The van der Waals surface area contributed by atoms with E-state index in [9.17, 15) is 9.59 Å². The minimum atomic E-state index is -1.11. The van der Waals surface area contributed by atoms with Gasteiger partial charge < -0.3 is 15.3 Å². The van der Waals surface area contributed by atoms with Crippen LogP contribution in [0.25, 0.3) is 0 Å². The van der Waals surface area contributed by atoms with E-state index in [0.29, 0.717) is 6.54 Å². The minimum Gasteiger partial charge on any atom is -0.476 e. The van der Waals surface area contributed by atoms with Gasteiger partial charge in [-0.25, -0.2) is 9.78 Å². The lowest BCUT2D eigenvalue weighted by atomic mass is 10.3. The topological polar surface area (TPSA) is 82.5 Å². The van der Waals surface area contributed by atoms with Gasteiger partial charge in [-0.05, 0) is 33.5 Å². The van der Waals surface area contributed by atoms with Crippen LogP contribution < -0.4 is 5.32 Å². The lowest BCUT2D eigenvalue weighted by Gasteiger charge is -2.08. The van der Waals surface area contributed by atoms with E-state index in [2.05, 4.69) is 15.2 Å². The van der Waals surface area contributed by atoms with Crippen LogP contribution in [0.1, 0.15) is 33.1 Å². The van der Waals surface area contributed by atoms with E-state index in [0.717, 1.165) is 30.7 Å². The predicted octanol–water partition coefficient (Wildman–Crippen LogP) is 0.913. The van der Waals surface area contributed by atoms with Crippen molar-refractivity contribution < 1.29 is 14.7 Å². The largest absolute Gasteiger partial charge is 0.476 e. The van der Waals surface area contributed by atoms with Crippen molar-refractivity contribution >= 4 is 23.2 Å². The van der Waals surface area contributed by atoms with Crippen molar-refractivity contribution in [3.63, 3.8) is 0 Å². The van der Waals surface area contributed by atoms with E-state index >= 15 is 0 Å². The summed E-state index contributed by atoms with van der Waals surface area (Å²) in [5.41, 5.74) is -0.0854. The third-order valence-corrected chi connectivity index (χ3v) is 3.08. The number of carboxylic acids is 1. The van der Waals surface area contributed by atoms with Gasteiger partial charge in [0.2, 0.25) is 0 Å². The Labute approximate surface area is 110 Å². The first-order chi connectivity index (χ1) is 8.50. The molecule has 1 aromatic heterocycles. The second kappa shape index (κ2) is 7.07. The molecule has 0 aromatic carbocycles. The van der Waals surface area contributed by atoms with E-state index in [4.69, 9.17) is 5.11 Å². The van der Waals surface area contributed by atoms with Gasteiger partial charge in [0.05, 0.1) is 0 Å². The average Bonchev–Trinajstić information content (AvgIpc) is 2.77. The fourth-order valence-electron chi connectivity index (χ4n) is 1.31. The molecular weight excluding hydrogens is 254 g/mol. The molecule has 0 spiro atoms. The molecule has 0 radical (unpaired) electrons. The van der Waals surface area contributed by atoms with Gasteiger partial charge in [0.25, 0.3) is 5.91 Å². The van der Waals surface area contributed by atoms with E-state index in [-0.39, 0.29) is 16.6 Å². The Kier molecular flexibility index (Phi) is 5.73. The van der Waals surface area contributed by atoms with Gasteiger partial charge >= 0.3 is 5.97 Å². The second-order valence-corrected chi connectivity index (χ2v) is 4.97. The molecule has 0 aliphatic rings. The number of nitrogens with one attached hydrogen (secondary N) is 1. The van der Waals surface area contributed by atoms with Gasteiger partial charge in [-0.2, -0.15) is 0 Å². The lowest BCUT2D eigenvalue weighted by molar-refractivity contribution is 0.0691. The van der Waals surface area contributed by atoms with Gasteiger partial charge in [-0.1, -0.05) is 0 Å². The van der Waals surface area contributed by atoms with Crippen LogP contribution in [-0.2, 0) is 0 Å². The molecule has 18 heavy (non-hydrogen) atoms. The molecule has 1 rings (SSSR count). The lowest BCUT2D eigenvalue weighted by Crippen LogP contribution is -2.25. The molecule has 1 aromatic rings. The monoisotopic (exact) mass is 271 g/mol. The number of nitrogens with zero attached hydrogens (tertiary/aromatic N) is 2. The van der Waals surface area contributed by atoms with E-state index in [1.165, 1.54) is 5.38 Å². The average molecular weight is 271 g/mol. The summed E-state index contributed by atoms with van der Waals surface area (Å²) in [6.07, 6.45) is 1.90. The van der Waals surface area contributed by atoms with Gasteiger partial charge in [0.1, 0.15) is 0 Å². The second-order valence-electron chi connectivity index (χ2n) is 4.11. The summed E-state index contributed by atoms with van der Waals surface area (Å²) < 4.78 is 0. The maximum Gasteiger partial charge on any atom is 0.355 e. The van der Waals surface area contributed by atoms with Crippen LogP contribution in [0, 0.1) is 0 Å². The normalized spacial score (nSPS) is 10.6. The zero-order valence-electron chi connectivity index (χ0n) is 10.5. The first-order valence-electron chi connectivity index (χ1n) is 5.62. The molecule has 0 saturated carbocycles. The summed E-state index contributed by atoms with van der Waals surface area (Å²) in [4.78, 5) is 28.0. The number of hydrogen-bond donors (Lipinski definition) is 2. The molecule has 7 heteroatoms. The van der Waals surface area contributed by atoms with Crippen molar-refractivity contribution in [2.75, 3.05) is 27.2 Å². The van der Waals surface area contributed by atoms with E-state index in [1.54, 1.807) is 0 Å². The van der Waals surface area contributed by atoms with E-state index in [1.807, 2.05) is 14.1 Å². The summed E-state index contributed by atoms with van der Waals surface area (Å²) in [7, 11) is 4.00. The number of unbranched alkanes of at least 4 members (excludes halogenated alkanes) is 1. The van der Waals surface area contributed by atoms with E-state index < -0.39 is 5.97 Å². The summed E-state index contributed by atoms with van der Waals surface area (Å²) in [6, 6.07) is 0. The van der Waals surface area contributed by atoms with Crippen LogP contribution in [-0.4, -0.2) is 54.1 Å². The molecule has 1 heterocycles. The zero-order chi connectivity index (χ0) is 13.5. The van der Waals surface area contributed by atoms with Crippen molar-refractivity contribution in [2.24, 2.45) is 0 Å². The molecule has 0 unspecified atom stereocenters. The van der Waals surface area contributed by atoms with Crippen LogP contribution in [0.2, 0.25) is 0 Å².